The monoisotopic (exact) mass is 395 g/mol. The van der Waals surface area contributed by atoms with Crippen LogP contribution in [0.15, 0.2) is 30.3 Å². The van der Waals surface area contributed by atoms with E-state index >= 15 is 0 Å². The second-order valence-corrected chi connectivity index (χ2v) is 7.87. The third-order valence-corrected chi connectivity index (χ3v) is 5.75. The van der Waals surface area contributed by atoms with Crippen LogP contribution in [0.2, 0.25) is 0 Å². The van der Waals surface area contributed by atoms with Gasteiger partial charge in [0.1, 0.15) is 17.4 Å². The van der Waals surface area contributed by atoms with Crippen molar-refractivity contribution in [3.8, 4) is 5.75 Å². The number of para-hydroxylation sites is 1. The summed E-state index contributed by atoms with van der Waals surface area (Å²) in [4.78, 5) is 26.6. The molecule has 29 heavy (non-hydrogen) atoms. The number of rotatable bonds is 5. The van der Waals surface area contributed by atoms with Crippen LogP contribution in [0.4, 0.5) is 5.82 Å². The number of carbonyl (C=O) groups is 1. The smallest absolute Gasteiger partial charge is 0.260 e. The highest BCUT2D eigenvalue weighted by Crippen LogP contribution is 2.29. The lowest BCUT2D eigenvalue weighted by molar-refractivity contribution is -0.134. The summed E-state index contributed by atoms with van der Waals surface area (Å²) in [6.45, 7) is 3.37. The quantitative estimate of drug-likeness (QED) is 0.838. The summed E-state index contributed by atoms with van der Waals surface area (Å²) in [5.74, 6) is 2.69. The van der Waals surface area contributed by atoms with Crippen molar-refractivity contribution in [1.29, 1.82) is 0 Å². The zero-order valence-corrected chi connectivity index (χ0v) is 17.2. The van der Waals surface area contributed by atoms with Gasteiger partial charge in [-0.2, -0.15) is 0 Å². The van der Waals surface area contributed by atoms with Crippen molar-refractivity contribution in [2.24, 2.45) is 0 Å². The number of carbonyl (C=O) groups excluding carboxylic acids is 1. The maximum absolute atomic E-state index is 12.7. The van der Waals surface area contributed by atoms with E-state index in [1.165, 1.54) is 5.56 Å². The van der Waals surface area contributed by atoms with Crippen molar-refractivity contribution in [1.82, 2.24) is 19.8 Å². The summed E-state index contributed by atoms with van der Waals surface area (Å²) in [5, 5.41) is 3.25. The predicted octanol–water partition coefficient (Wildman–Crippen LogP) is 2.29. The average Bonchev–Trinajstić information content (AvgIpc) is 2.77. The lowest BCUT2D eigenvalue weighted by Gasteiger charge is -2.33. The molecule has 0 unspecified atom stereocenters. The maximum atomic E-state index is 12.7. The number of amides is 1. The molecule has 0 saturated carbocycles. The van der Waals surface area contributed by atoms with Crippen molar-refractivity contribution < 1.29 is 9.53 Å². The Morgan fingerprint density at radius 3 is 2.86 bits per heavy atom. The van der Waals surface area contributed by atoms with Gasteiger partial charge < -0.3 is 19.9 Å². The number of piperidine rings is 1. The maximum Gasteiger partial charge on any atom is 0.260 e. The molecule has 0 spiro atoms. The number of nitrogens with zero attached hydrogens (tertiary/aromatic N) is 4. The van der Waals surface area contributed by atoms with E-state index in [4.69, 9.17) is 14.7 Å². The lowest BCUT2D eigenvalue weighted by Crippen LogP contribution is -2.42. The number of aromatic nitrogens is 2. The minimum absolute atomic E-state index is 0.0203. The fourth-order valence-electron chi connectivity index (χ4n) is 4.12. The highest BCUT2D eigenvalue weighted by Gasteiger charge is 2.29. The van der Waals surface area contributed by atoms with E-state index in [-0.39, 0.29) is 18.4 Å². The molecule has 1 N–H and O–H groups in total. The standard InChI is InChI=1S/C22H29N5O2/c1-23-22-18-14-26(2)12-10-19(18)24-21(25-22)16-7-6-11-27(13-16)20(28)15-29-17-8-4-3-5-9-17/h3-5,8-9,16H,6-7,10-15H2,1-2H3,(H,23,24,25)/t16-/m0/s1. The van der Waals surface area contributed by atoms with Gasteiger partial charge in [0.05, 0.1) is 5.69 Å². The van der Waals surface area contributed by atoms with Crippen molar-refractivity contribution in [2.45, 2.75) is 31.7 Å². The average molecular weight is 396 g/mol. The molecule has 1 aromatic carbocycles. The van der Waals surface area contributed by atoms with E-state index in [9.17, 15) is 4.79 Å². The molecule has 0 bridgehead atoms. The Kier molecular flexibility index (Phi) is 5.94. The fourth-order valence-corrected chi connectivity index (χ4v) is 4.12. The van der Waals surface area contributed by atoms with Crippen LogP contribution in [0.1, 0.15) is 35.8 Å². The van der Waals surface area contributed by atoms with Crippen LogP contribution in [0.5, 0.6) is 5.75 Å². The number of likely N-dealkylation sites (N-methyl/N-ethyl adjacent to an activating group) is 1. The van der Waals surface area contributed by atoms with Crippen molar-refractivity contribution in [3.63, 3.8) is 0 Å². The van der Waals surface area contributed by atoms with E-state index in [0.717, 1.165) is 62.0 Å². The summed E-state index contributed by atoms with van der Waals surface area (Å²) in [6, 6.07) is 9.47. The van der Waals surface area contributed by atoms with Crippen LogP contribution in [0.25, 0.3) is 0 Å². The minimum atomic E-state index is 0.0203. The fraction of sp³-hybridized carbons (Fsp3) is 0.500. The first-order valence-electron chi connectivity index (χ1n) is 10.4. The Morgan fingerprint density at radius 2 is 2.07 bits per heavy atom. The summed E-state index contributed by atoms with van der Waals surface area (Å²) in [7, 11) is 4.04. The van der Waals surface area contributed by atoms with E-state index in [2.05, 4.69) is 17.3 Å². The molecule has 7 heteroatoms. The van der Waals surface area contributed by atoms with Crippen LogP contribution < -0.4 is 10.1 Å². The molecule has 154 valence electrons. The molecule has 0 aliphatic carbocycles. The Labute approximate surface area is 172 Å². The molecule has 1 saturated heterocycles. The van der Waals surface area contributed by atoms with Crippen molar-refractivity contribution >= 4 is 11.7 Å². The van der Waals surface area contributed by atoms with Gasteiger partial charge >= 0.3 is 0 Å². The molecule has 3 heterocycles. The number of hydrogen-bond acceptors (Lipinski definition) is 6. The van der Waals surface area contributed by atoms with Gasteiger partial charge in [0, 0.05) is 51.1 Å². The molecule has 0 radical (unpaired) electrons. The summed E-state index contributed by atoms with van der Waals surface area (Å²) in [6.07, 6.45) is 2.90. The van der Waals surface area contributed by atoms with Crippen LogP contribution in [-0.2, 0) is 17.8 Å². The number of nitrogens with one attached hydrogen (secondary N) is 1. The Bertz CT molecular complexity index is 841. The Morgan fingerprint density at radius 1 is 1.24 bits per heavy atom. The molecule has 1 fully saturated rings. The van der Waals surface area contributed by atoms with Crippen LogP contribution >= 0.6 is 0 Å². The second kappa shape index (κ2) is 8.78. The molecule has 1 atom stereocenters. The van der Waals surface area contributed by atoms with Gasteiger partial charge in [-0.05, 0) is 32.0 Å². The van der Waals surface area contributed by atoms with Crippen molar-refractivity contribution in [3.05, 3.63) is 47.4 Å². The number of fused-ring (bicyclic) bond motifs is 1. The molecule has 7 nitrogen and oxygen atoms in total. The second-order valence-electron chi connectivity index (χ2n) is 7.87. The normalized spacial score (nSPS) is 19.5. The minimum Gasteiger partial charge on any atom is -0.484 e. The van der Waals surface area contributed by atoms with E-state index in [1.54, 1.807) is 0 Å². The molecule has 1 aromatic heterocycles. The number of hydrogen-bond donors (Lipinski definition) is 1. The first-order valence-corrected chi connectivity index (χ1v) is 10.4. The van der Waals surface area contributed by atoms with Crippen LogP contribution in [-0.4, -0.2) is 66.0 Å². The first kappa shape index (κ1) is 19.6. The van der Waals surface area contributed by atoms with Gasteiger partial charge in [0.2, 0.25) is 0 Å². The number of likely N-dealkylation sites (tertiary alicyclic amines) is 1. The summed E-state index contributed by atoms with van der Waals surface area (Å²) < 4.78 is 5.65. The van der Waals surface area contributed by atoms with Gasteiger partial charge in [-0.15, -0.1) is 0 Å². The zero-order chi connectivity index (χ0) is 20.2. The van der Waals surface area contributed by atoms with E-state index in [0.29, 0.717) is 6.54 Å². The van der Waals surface area contributed by atoms with E-state index in [1.807, 2.05) is 42.3 Å². The molecule has 1 amide bonds. The number of ether oxygens (including phenoxy) is 1. The summed E-state index contributed by atoms with van der Waals surface area (Å²) in [5.41, 5.74) is 2.35. The molecule has 2 aliphatic rings. The van der Waals surface area contributed by atoms with Gasteiger partial charge in [-0.3, -0.25) is 4.79 Å². The van der Waals surface area contributed by atoms with Gasteiger partial charge in [-0.1, -0.05) is 18.2 Å². The highest BCUT2D eigenvalue weighted by molar-refractivity contribution is 5.78. The summed E-state index contributed by atoms with van der Waals surface area (Å²) >= 11 is 0. The number of anilines is 1. The van der Waals surface area contributed by atoms with Gasteiger partial charge in [0.25, 0.3) is 5.91 Å². The Balaban J connectivity index is 1.45. The van der Waals surface area contributed by atoms with E-state index < -0.39 is 0 Å². The van der Waals surface area contributed by atoms with Gasteiger partial charge in [-0.25, -0.2) is 9.97 Å². The van der Waals surface area contributed by atoms with Gasteiger partial charge in [0.15, 0.2) is 6.61 Å². The topological polar surface area (TPSA) is 70.6 Å². The SMILES string of the molecule is CNc1nc([C@H]2CCCN(C(=O)COc3ccccc3)C2)nc2c1CN(C)CC2. The molecular formula is C22H29N5O2. The lowest BCUT2D eigenvalue weighted by atomic mass is 9.96. The third-order valence-electron chi connectivity index (χ3n) is 5.75. The highest BCUT2D eigenvalue weighted by atomic mass is 16.5. The largest absolute Gasteiger partial charge is 0.484 e. The zero-order valence-electron chi connectivity index (χ0n) is 17.2. The van der Waals surface area contributed by atoms with Crippen molar-refractivity contribution in [2.75, 3.05) is 45.7 Å². The Hall–Kier alpha value is -2.67. The molecular weight excluding hydrogens is 366 g/mol. The van der Waals surface area contributed by atoms with Crippen LogP contribution in [0, 0.1) is 0 Å². The molecule has 4 rings (SSSR count). The number of benzene rings is 1. The third kappa shape index (κ3) is 4.50. The predicted molar refractivity (Wildman–Crippen MR) is 112 cm³/mol. The van der Waals surface area contributed by atoms with Crippen LogP contribution in [0.3, 0.4) is 0 Å². The first-order chi connectivity index (χ1) is 14.1. The molecule has 2 aliphatic heterocycles. The molecule has 2 aromatic rings.